The summed E-state index contributed by atoms with van der Waals surface area (Å²) in [6, 6.07) is 4.64. The van der Waals surface area contributed by atoms with Crippen molar-refractivity contribution in [2.75, 3.05) is 0 Å². The van der Waals surface area contributed by atoms with E-state index in [1.54, 1.807) is 12.1 Å². The largest absolute Gasteiger partial charge is 0.333 e. The highest BCUT2D eigenvalue weighted by Gasteiger charge is 2.39. The number of urea groups is 1. The summed E-state index contributed by atoms with van der Waals surface area (Å²) in [4.78, 5) is 62.8. The second-order valence-electron chi connectivity index (χ2n) is 4.97. The molecule has 1 unspecified atom stereocenters. The molecule has 3 rings (SSSR count). The van der Waals surface area contributed by atoms with Crippen LogP contribution in [0.15, 0.2) is 24.3 Å². The van der Waals surface area contributed by atoms with Crippen molar-refractivity contribution in [3.05, 3.63) is 35.4 Å². The van der Waals surface area contributed by atoms with Gasteiger partial charge in [0.1, 0.15) is 6.04 Å². The van der Waals surface area contributed by atoms with Gasteiger partial charge < -0.3 is 10.2 Å². The molecule has 5 amide bonds. The standard InChI is InChI=1S/C14H11N3O6/c18-10(6-5-9-11(19)16-14(22)15-9)23-17-12(20)7-3-1-2-4-8(7)13(17)21/h1-4,9H,5-6H2,(H2,15,16,19,22). The Hall–Kier alpha value is -3.23. The third-order valence-electron chi connectivity index (χ3n) is 3.45. The Kier molecular flexibility index (Phi) is 3.53. The molecule has 1 fully saturated rings. The van der Waals surface area contributed by atoms with Gasteiger partial charge in [0.15, 0.2) is 0 Å². The van der Waals surface area contributed by atoms with Crippen molar-refractivity contribution >= 4 is 29.7 Å². The minimum Gasteiger partial charge on any atom is -0.330 e. The predicted molar refractivity (Wildman–Crippen MR) is 72.7 cm³/mol. The zero-order chi connectivity index (χ0) is 16.6. The molecule has 0 bridgehead atoms. The van der Waals surface area contributed by atoms with Crippen molar-refractivity contribution in [2.45, 2.75) is 18.9 Å². The van der Waals surface area contributed by atoms with E-state index in [-0.39, 0.29) is 24.0 Å². The van der Waals surface area contributed by atoms with Crippen LogP contribution in [0.5, 0.6) is 0 Å². The average Bonchev–Trinajstić information content (AvgIpc) is 2.97. The van der Waals surface area contributed by atoms with E-state index in [9.17, 15) is 24.0 Å². The van der Waals surface area contributed by atoms with Gasteiger partial charge in [0.05, 0.1) is 17.5 Å². The number of hydroxylamine groups is 2. The maximum Gasteiger partial charge on any atom is 0.333 e. The minimum absolute atomic E-state index is 0.000421. The van der Waals surface area contributed by atoms with Crippen molar-refractivity contribution in [3.63, 3.8) is 0 Å². The minimum atomic E-state index is -0.853. The lowest BCUT2D eigenvalue weighted by Gasteiger charge is -2.13. The van der Waals surface area contributed by atoms with Gasteiger partial charge in [-0.25, -0.2) is 9.59 Å². The first-order valence-electron chi connectivity index (χ1n) is 6.77. The lowest BCUT2D eigenvalue weighted by Crippen LogP contribution is -2.34. The number of hydrogen-bond acceptors (Lipinski definition) is 6. The van der Waals surface area contributed by atoms with E-state index in [1.807, 2.05) is 5.32 Å². The number of rotatable bonds is 4. The number of imide groups is 2. The summed E-state index contributed by atoms with van der Waals surface area (Å²) >= 11 is 0. The third kappa shape index (κ3) is 2.63. The van der Waals surface area contributed by atoms with E-state index < -0.39 is 35.8 Å². The van der Waals surface area contributed by atoms with Gasteiger partial charge in [-0.1, -0.05) is 17.2 Å². The molecule has 0 aliphatic carbocycles. The van der Waals surface area contributed by atoms with Gasteiger partial charge >= 0.3 is 12.0 Å². The molecule has 0 spiro atoms. The van der Waals surface area contributed by atoms with E-state index in [0.29, 0.717) is 5.06 Å². The number of nitrogens with one attached hydrogen (secondary N) is 2. The van der Waals surface area contributed by atoms with Crippen LogP contribution in [0.4, 0.5) is 4.79 Å². The fourth-order valence-electron chi connectivity index (χ4n) is 2.32. The van der Waals surface area contributed by atoms with Gasteiger partial charge in [0.2, 0.25) is 0 Å². The van der Waals surface area contributed by atoms with Crippen LogP contribution in [0.25, 0.3) is 0 Å². The third-order valence-corrected chi connectivity index (χ3v) is 3.45. The summed E-state index contributed by atoms with van der Waals surface area (Å²) in [5.41, 5.74) is 0.320. The number of hydrogen-bond donors (Lipinski definition) is 2. The zero-order valence-corrected chi connectivity index (χ0v) is 11.7. The van der Waals surface area contributed by atoms with Gasteiger partial charge in [0, 0.05) is 0 Å². The van der Waals surface area contributed by atoms with Crippen molar-refractivity contribution < 1.29 is 28.8 Å². The van der Waals surface area contributed by atoms with Gasteiger partial charge in [-0.2, -0.15) is 0 Å². The molecule has 0 radical (unpaired) electrons. The first-order chi connectivity index (χ1) is 11.0. The molecule has 1 atom stereocenters. The Labute approximate surface area is 129 Å². The smallest absolute Gasteiger partial charge is 0.330 e. The van der Waals surface area contributed by atoms with Crippen LogP contribution in [-0.2, 0) is 14.4 Å². The second-order valence-corrected chi connectivity index (χ2v) is 4.97. The van der Waals surface area contributed by atoms with Crippen molar-refractivity contribution in [1.82, 2.24) is 15.7 Å². The van der Waals surface area contributed by atoms with Crippen LogP contribution in [-0.4, -0.2) is 40.8 Å². The lowest BCUT2D eigenvalue weighted by atomic mass is 10.1. The van der Waals surface area contributed by atoms with Crippen LogP contribution < -0.4 is 10.6 Å². The molecule has 118 valence electrons. The predicted octanol–water partition coefficient (Wildman–Crippen LogP) is -0.271. The summed E-state index contributed by atoms with van der Waals surface area (Å²) in [6.45, 7) is 0. The monoisotopic (exact) mass is 317 g/mol. The van der Waals surface area contributed by atoms with Gasteiger partial charge in [-0.15, -0.1) is 0 Å². The number of amides is 5. The molecule has 0 saturated carbocycles. The van der Waals surface area contributed by atoms with Crippen LogP contribution in [0.3, 0.4) is 0 Å². The molecule has 1 aromatic carbocycles. The highest BCUT2D eigenvalue weighted by atomic mass is 16.7. The van der Waals surface area contributed by atoms with Crippen LogP contribution in [0.2, 0.25) is 0 Å². The Balaban J connectivity index is 1.59. The Morgan fingerprint density at radius 2 is 1.70 bits per heavy atom. The Morgan fingerprint density at radius 1 is 1.09 bits per heavy atom. The van der Waals surface area contributed by atoms with E-state index in [2.05, 4.69) is 5.32 Å². The van der Waals surface area contributed by atoms with E-state index in [0.717, 1.165) is 0 Å². The summed E-state index contributed by atoms with van der Waals surface area (Å²) in [5.74, 6) is -2.83. The molecule has 0 aromatic heterocycles. The van der Waals surface area contributed by atoms with Crippen molar-refractivity contribution in [2.24, 2.45) is 0 Å². The number of fused-ring (bicyclic) bond motifs is 1. The summed E-state index contributed by atoms with van der Waals surface area (Å²) in [6.07, 6.45) is -0.245. The van der Waals surface area contributed by atoms with Crippen LogP contribution >= 0.6 is 0 Å². The maximum absolute atomic E-state index is 12.0. The average molecular weight is 317 g/mol. The van der Waals surface area contributed by atoms with Gasteiger partial charge in [0.25, 0.3) is 17.7 Å². The Bertz CT molecular complexity index is 709. The first-order valence-corrected chi connectivity index (χ1v) is 6.77. The second kappa shape index (κ2) is 5.52. The number of carbonyl (C=O) groups excluding carboxylic acids is 5. The van der Waals surface area contributed by atoms with Crippen molar-refractivity contribution in [1.29, 1.82) is 0 Å². The molecule has 1 saturated heterocycles. The van der Waals surface area contributed by atoms with E-state index in [4.69, 9.17) is 4.84 Å². The SMILES string of the molecule is O=C1NC(=O)C(CCC(=O)ON2C(=O)c3ccccc3C2=O)N1. The van der Waals surface area contributed by atoms with E-state index in [1.165, 1.54) is 12.1 Å². The van der Waals surface area contributed by atoms with Crippen LogP contribution in [0.1, 0.15) is 33.6 Å². The molecule has 1 aromatic rings. The quantitative estimate of drug-likeness (QED) is 0.582. The highest BCUT2D eigenvalue weighted by Crippen LogP contribution is 2.23. The van der Waals surface area contributed by atoms with Crippen LogP contribution in [0, 0.1) is 0 Å². The first kappa shape index (κ1) is 14.7. The topological polar surface area (TPSA) is 122 Å². The molecular weight excluding hydrogens is 306 g/mol. The van der Waals surface area contributed by atoms with Gasteiger partial charge in [-0.05, 0) is 18.6 Å². The molecule has 9 heteroatoms. The number of benzene rings is 1. The molecule has 23 heavy (non-hydrogen) atoms. The molecule has 9 nitrogen and oxygen atoms in total. The van der Waals surface area contributed by atoms with Crippen molar-refractivity contribution in [3.8, 4) is 0 Å². The number of nitrogens with zero attached hydrogens (tertiary/aromatic N) is 1. The lowest BCUT2D eigenvalue weighted by molar-refractivity contribution is -0.168. The van der Waals surface area contributed by atoms with Gasteiger partial charge in [-0.3, -0.25) is 19.7 Å². The Morgan fingerprint density at radius 3 is 2.22 bits per heavy atom. The fraction of sp³-hybridized carbons (Fsp3) is 0.214. The zero-order valence-electron chi connectivity index (χ0n) is 11.7. The fourth-order valence-corrected chi connectivity index (χ4v) is 2.32. The maximum atomic E-state index is 12.0. The highest BCUT2D eigenvalue weighted by molar-refractivity contribution is 6.20. The molecule has 2 N–H and O–H groups in total. The summed E-state index contributed by atoms with van der Waals surface area (Å²) < 4.78 is 0. The molecule has 2 aliphatic rings. The summed E-state index contributed by atoms with van der Waals surface area (Å²) in [5, 5.41) is 4.76. The molecular formula is C14H11N3O6. The van der Waals surface area contributed by atoms with E-state index >= 15 is 0 Å². The summed E-state index contributed by atoms with van der Waals surface area (Å²) in [7, 11) is 0. The molecule has 2 heterocycles. The normalized spacial score (nSPS) is 19.5. The molecule has 2 aliphatic heterocycles. The number of carbonyl (C=O) groups is 5.